The van der Waals surface area contributed by atoms with Gasteiger partial charge in [-0.1, -0.05) is 49.8 Å². The zero-order valence-corrected chi connectivity index (χ0v) is 16.6. The lowest BCUT2D eigenvalue weighted by atomic mass is 9.83. The van der Waals surface area contributed by atoms with E-state index in [1.165, 1.54) is 0 Å². The van der Waals surface area contributed by atoms with Crippen LogP contribution in [0, 0.1) is 11.3 Å². The van der Waals surface area contributed by atoms with Crippen LogP contribution in [0.15, 0.2) is 47.4 Å². The van der Waals surface area contributed by atoms with Crippen molar-refractivity contribution in [2.24, 2.45) is 0 Å². The summed E-state index contributed by atoms with van der Waals surface area (Å²) in [6.45, 7) is 2.16. The lowest BCUT2D eigenvalue weighted by Gasteiger charge is -2.24. The molecule has 0 radical (unpaired) electrons. The first kappa shape index (κ1) is 19.3. The second-order valence-corrected chi connectivity index (χ2v) is 7.95. The van der Waals surface area contributed by atoms with Crippen molar-refractivity contribution in [3.05, 3.63) is 59.2 Å². The summed E-state index contributed by atoms with van der Waals surface area (Å²) < 4.78 is 0. The second kappa shape index (κ2) is 8.51. The van der Waals surface area contributed by atoms with Crippen LogP contribution in [-0.2, 0) is 4.79 Å². The monoisotopic (exact) mass is 393 g/mol. The van der Waals surface area contributed by atoms with Crippen LogP contribution in [0.3, 0.4) is 0 Å². The van der Waals surface area contributed by atoms with Crippen molar-refractivity contribution >= 4 is 40.9 Å². The van der Waals surface area contributed by atoms with E-state index in [1.54, 1.807) is 30.0 Å². The number of benzene rings is 2. The van der Waals surface area contributed by atoms with Crippen molar-refractivity contribution in [1.82, 2.24) is 0 Å². The Bertz CT molecular complexity index is 956. The molecule has 3 nitrogen and oxygen atoms in total. The Hall–Kier alpha value is -2.42. The topological polar surface area (TPSA) is 61.1 Å². The van der Waals surface area contributed by atoms with Crippen molar-refractivity contribution in [2.45, 2.75) is 30.6 Å². The number of hydrogen-bond donors (Lipinski definition) is 1. The Morgan fingerprint density at radius 1 is 1.22 bits per heavy atom. The van der Waals surface area contributed by atoms with E-state index < -0.39 is 11.9 Å². The first-order chi connectivity index (χ1) is 13.1. The van der Waals surface area contributed by atoms with E-state index in [4.69, 9.17) is 17.5 Å². The summed E-state index contributed by atoms with van der Waals surface area (Å²) in [5.74, 6) is -0.724. The normalized spacial score (nSPS) is 15.3. The average molecular weight is 394 g/mol. The molecule has 1 unspecified atom stereocenters. The number of thioether (sulfide) groups is 1. The number of carbonyl (C=O) groups is 1. The van der Waals surface area contributed by atoms with Gasteiger partial charge in [0, 0.05) is 15.3 Å². The predicted molar refractivity (Wildman–Crippen MR) is 114 cm³/mol. The second-order valence-electron chi connectivity index (χ2n) is 6.34. The van der Waals surface area contributed by atoms with E-state index in [1.807, 2.05) is 30.3 Å². The maximum atomic E-state index is 11.8. The van der Waals surface area contributed by atoms with E-state index >= 15 is 0 Å². The third kappa shape index (κ3) is 3.97. The molecule has 0 heterocycles. The number of thiocarbonyl (C=S) groups is 1. The number of hydrogen-bond acceptors (Lipinski definition) is 4. The zero-order valence-electron chi connectivity index (χ0n) is 14.9. The van der Waals surface area contributed by atoms with Crippen molar-refractivity contribution in [2.75, 3.05) is 5.75 Å². The number of unbranched alkanes of at least 4 members (excludes halogenated alkanes) is 1. The average Bonchev–Trinajstić information content (AvgIpc) is 2.67. The highest BCUT2D eigenvalue weighted by atomic mass is 32.2. The Morgan fingerprint density at radius 2 is 1.96 bits per heavy atom. The third-order valence-electron chi connectivity index (χ3n) is 4.56. The number of carboxylic acids is 1. The van der Waals surface area contributed by atoms with Crippen LogP contribution in [0.1, 0.15) is 42.4 Å². The summed E-state index contributed by atoms with van der Waals surface area (Å²) in [6.07, 6.45) is 5.89. The molecule has 0 bridgehead atoms. The number of carboxylic acid groups (broad SMARTS) is 1. The molecule has 2 aromatic rings. The molecule has 3 rings (SSSR count). The van der Waals surface area contributed by atoms with Crippen LogP contribution in [0.25, 0.3) is 17.2 Å². The SMILES string of the molecule is CCCCSc1ccc2c(c1-c1ccc(C#N)cc1)C=CC(=S)C2C(=O)O. The zero-order chi connectivity index (χ0) is 19.4. The summed E-state index contributed by atoms with van der Waals surface area (Å²) in [5.41, 5.74) is 4.23. The number of nitriles is 1. The molecule has 0 aromatic heterocycles. The Balaban J connectivity index is 2.18. The van der Waals surface area contributed by atoms with Crippen LogP contribution in [-0.4, -0.2) is 21.7 Å². The third-order valence-corrected chi connectivity index (χ3v) is 6.07. The standard InChI is InChI=1S/C22H19NO2S2/c1-2-3-12-27-19-11-9-17-16(8-10-18(26)21(17)22(24)25)20(19)15-6-4-14(13-23)5-7-15/h4-11,21H,2-3,12H2,1H3,(H,24,25). The maximum absolute atomic E-state index is 11.8. The maximum Gasteiger partial charge on any atom is 0.316 e. The molecule has 0 saturated heterocycles. The Kier molecular flexibility index (Phi) is 6.10. The first-order valence-electron chi connectivity index (χ1n) is 8.81. The van der Waals surface area contributed by atoms with E-state index in [0.717, 1.165) is 45.7 Å². The van der Waals surface area contributed by atoms with Gasteiger partial charge in [0.25, 0.3) is 0 Å². The molecule has 1 atom stereocenters. The quantitative estimate of drug-likeness (QED) is 0.388. The van der Waals surface area contributed by atoms with Gasteiger partial charge in [-0.15, -0.1) is 11.8 Å². The van der Waals surface area contributed by atoms with E-state index in [0.29, 0.717) is 10.4 Å². The van der Waals surface area contributed by atoms with Crippen molar-refractivity contribution < 1.29 is 9.90 Å². The Morgan fingerprint density at radius 3 is 2.59 bits per heavy atom. The molecule has 136 valence electrons. The number of rotatable bonds is 6. The van der Waals surface area contributed by atoms with Crippen molar-refractivity contribution in [3.63, 3.8) is 0 Å². The summed E-state index contributed by atoms with van der Waals surface area (Å²) in [4.78, 5) is 13.3. The van der Waals surface area contributed by atoms with Gasteiger partial charge in [0.1, 0.15) is 5.92 Å². The fourth-order valence-electron chi connectivity index (χ4n) is 3.17. The molecule has 2 aromatic carbocycles. The largest absolute Gasteiger partial charge is 0.481 e. The fraction of sp³-hybridized carbons (Fsp3) is 0.227. The first-order valence-corrected chi connectivity index (χ1v) is 10.2. The molecule has 0 aliphatic heterocycles. The molecular weight excluding hydrogens is 374 g/mol. The minimum atomic E-state index is -0.928. The lowest BCUT2D eigenvalue weighted by molar-refractivity contribution is -0.137. The molecule has 27 heavy (non-hydrogen) atoms. The smallest absolute Gasteiger partial charge is 0.316 e. The molecule has 1 aliphatic carbocycles. The van der Waals surface area contributed by atoms with E-state index in [2.05, 4.69) is 13.0 Å². The van der Waals surface area contributed by atoms with Crippen LogP contribution >= 0.6 is 24.0 Å². The Labute approximate surface area is 168 Å². The van der Waals surface area contributed by atoms with Gasteiger partial charge >= 0.3 is 5.97 Å². The highest BCUT2D eigenvalue weighted by molar-refractivity contribution is 7.99. The minimum absolute atomic E-state index is 0.423. The van der Waals surface area contributed by atoms with Gasteiger partial charge in [-0.3, -0.25) is 4.79 Å². The predicted octanol–water partition coefficient (Wildman–Crippen LogP) is 5.68. The van der Waals surface area contributed by atoms with Gasteiger partial charge in [-0.05, 0) is 53.1 Å². The van der Waals surface area contributed by atoms with Crippen LogP contribution in [0.5, 0.6) is 0 Å². The van der Waals surface area contributed by atoms with E-state index in [9.17, 15) is 9.90 Å². The van der Waals surface area contributed by atoms with Crippen LogP contribution in [0.4, 0.5) is 0 Å². The van der Waals surface area contributed by atoms with Crippen molar-refractivity contribution in [3.8, 4) is 17.2 Å². The van der Waals surface area contributed by atoms with Crippen LogP contribution < -0.4 is 0 Å². The van der Waals surface area contributed by atoms with Gasteiger partial charge in [-0.25, -0.2) is 0 Å². The lowest BCUT2D eigenvalue weighted by Crippen LogP contribution is -2.22. The van der Waals surface area contributed by atoms with Gasteiger partial charge in [0.2, 0.25) is 0 Å². The molecule has 0 amide bonds. The number of nitrogens with zero attached hydrogens (tertiary/aromatic N) is 1. The highest BCUT2D eigenvalue weighted by Crippen LogP contribution is 2.41. The number of aliphatic carboxylic acids is 1. The van der Waals surface area contributed by atoms with Gasteiger partial charge < -0.3 is 5.11 Å². The number of fused-ring (bicyclic) bond motifs is 1. The molecule has 5 heteroatoms. The number of allylic oxidation sites excluding steroid dienone is 1. The van der Waals surface area contributed by atoms with Crippen molar-refractivity contribution in [1.29, 1.82) is 5.26 Å². The molecule has 1 aliphatic rings. The summed E-state index contributed by atoms with van der Waals surface area (Å²) >= 11 is 7.06. The van der Waals surface area contributed by atoms with Crippen LogP contribution in [0.2, 0.25) is 0 Å². The molecule has 1 N–H and O–H groups in total. The highest BCUT2D eigenvalue weighted by Gasteiger charge is 2.30. The molecular formula is C22H19NO2S2. The summed E-state index contributed by atoms with van der Waals surface area (Å²) in [6, 6.07) is 13.5. The fourth-order valence-corrected chi connectivity index (χ4v) is 4.66. The van der Waals surface area contributed by atoms with E-state index in [-0.39, 0.29) is 0 Å². The summed E-state index contributed by atoms with van der Waals surface area (Å²) in [7, 11) is 0. The van der Waals surface area contributed by atoms with Gasteiger partial charge in [0.05, 0.1) is 11.6 Å². The minimum Gasteiger partial charge on any atom is -0.481 e. The molecule has 0 saturated carbocycles. The van der Waals surface area contributed by atoms with Gasteiger partial charge in [0.15, 0.2) is 0 Å². The van der Waals surface area contributed by atoms with Gasteiger partial charge in [-0.2, -0.15) is 5.26 Å². The molecule has 0 spiro atoms. The molecule has 0 fully saturated rings. The summed E-state index contributed by atoms with van der Waals surface area (Å²) in [5, 5.41) is 18.7.